The standard InChI is InChI=1S/C21H31NO13/c1-9(24)18(10(2)25)20(34-7,12(4)27)19(11(3)26,22-13(5)28)16(15(30)14(29)8-23)35-21(18,32)17(31)33-6/h14-16,23,29-30,32H,8H2,1-7H3,(H,22,28)/t14-,15?,16+,19+,20+,21+/m1/s1. The molecule has 5 N–H and O–H groups in total. The van der Waals surface area contributed by atoms with E-state index in [9.17, 15) is 49.2 Å². The zero-order chi connectivity index (χ0) is 27.7. The Kier molecular flexibility index (Phi) is 8.83. The second-order valence-electron chi connectivity index (χ2n) is 8.26. The number of methoxy groups -OCH3 is 2. The van der Waals surface area contributed by atoms with Gasteiger partial charge in [-0.05, 0) is 27.7 Å². The predicted molar refractivity (Wildman–Crippen MR) is 112 cm³/mol. The van der Waals surface area contributed by atoms with E-state index < -0.39 is 82.3 Å². The smallest absolute Gasteiger partial charge is 0.368 e. The molecule has 0 saturated carbocycles. The summed E-state index contributed by atoms with van der Waals surface area (Å²) in [4.78, 5) is 78.6. The van der Waals surface area contributed by atoms with Crippen LogP contribution in [0.3, 0.4) is 0 Å². The number of aliphatic hydroxyl groups is 4. The molecule has 1 aliphatic heterocycles. The van der Waals surface area contributed by atoms with Crippen LogP contribution in [0.15, 0.2) is 0 Å². The van der Waals surface area contributed by atoms with E-state index in [2.05, 4.69) is 10.1 Å². The fraction of sp³-hybridized carbons (Fsp3) is 0.714. The summed E-state index contributed by atoms with van der Waals surface area (Å²) in [5.41, 5.74) is -9.66. The van der Waals surface area contributed by atoms with Gasteiger partial charge in [0.15, 0.2) is 39.7 Å². The molecule has 1 amide bonds. The Bertz CT molecular complexity index is 918. The molecule has 0 aromatic carbocycles. The minimum absolute atomic E-state index is 0.702. The second kappa shape index (κ2) is 10.2. The number of carbonyl (C=O) groups is 6. The van der Waals surface area contributed by atoms with E-state index in [-0.39, 0.29) is 0 Å². The summed E-state index contributed by atoms with van der Waals surface area (Å²) in [6, 6.07) is 0. The van der Waals surface area contributed by atoms with E-state index >= 15 is 0 Å². The van der Waals surface area contributed by atoms with Gasteiger partial charge in [0.25, 0.3) is 5.79 Å². The van der Waals surface area contributed by atoms with E-state index in [0.717, 1.165) is 35.0 Å². The minimum atomic E-state index is -3.74. The highest BCUT2D eigenvalue weighted by atomic mass is 16.7. The third-order valence-electron chi connectivity index (χ3n) is 6.46. The summed E-state index contributed by atoms with van der Waals surface area (Å²) >= 11 is 0. The number of Topliss-reactive ketones (excluding diaryl/α,β-unsaturated/α-hetero) is 4. The van der Waals surface area contributed by atoms with Gasteiger partial charge in [-0.1, -0.05) is 0 Å². The number of hydrogen-bond donors (Lipinski definition) is 5. The van der Waals surface area contributed by atoms with Crippen molar-refractivity contribution in [3.05, 3.63) is 0 Å². The molecule has 0 aliphatic carbocycles. The van der Waals surface area contributed by atoms with Gasteiger partial charge in [-0.25, -0.2) is 4.79 Å². The molecule has 0 radical (unpaired) electrons. The molecule has 35 heavy (non-hydrogen) atoms. The third-order valence-corrected chi connectivity index (χ3v) is 6.46. The fourth-order valence-electron chi connectivity index (χ4n) is 5.26. The first kappa shape index (κ1) is 30.4. The molecule has 1 saturated heterocycles. The van der Waals surface area contributed by atoms with Gasteiger partial charge in [-0.3, -0.25) is 24.0 Å². The van der Waals surface area contributed by atoms with Gasteiger partial charge in [-0.2, -0.15) is 0 Å². The lowest BCUT2D eigenvalue weighted by molar-refractivity contribution is -0.362. The van der Waals surface area contributed by atoms with Crippen LogP contribution in [0, 0.1) is 5.41 Å². The molecule has 6 atom stereocenters. The van der Waals surface area contributed by atoms with Crippen LogP contribution in [-0.2, 0) is 43.0 Å². The Morgan fingerprint density at radius 1 is 0.914 bits per heavy atom. The van der Waals surface area contributed by atoms with Crippen LogP contribution in [0.5, 0.6) is 0 Å². The maximum atomic E-state index is 13.4. The van der Waals surface area contributed by atoms with Gasteiger partial charge in [0.1, 0.15) is 18.3 Å². The first-order chi connectivity index (χ1) is 16.0. The summed E-state index contributed by atoms with van der Waals surface area (Å²) in [7, 11) is 1.50. The number of carbonyl (C=O) groups excluding carboxylic acids is 6. The van der Waals surface area contributed by atoms with Crippen LogP contribution in [0.25, 0.3) is 0 Å². The van der Waals surface area contributed by atoms with Crippen molar-refractivity contribution in [3.8, 4) is 0 Å². The average molecular weight is 505 g/mol. The zero-order valence-corrected chi connectivity index (χ0v) is 20.4. The summed E-state index contributed by atoms with van der Waals surface area (Å²) in [5.74, 6) is -12.0. The molecule has 14 nitrogen and oxygen atoms in total. The quantitative estimate of drug-likeness (QED) is 0.144. The first-order valence-corrected chi connectivity index (χ1v) is 10.3. The van der Waals surface area contributed by atoms with Crippen molar-refractivity contribution in [1.29, 1.82) is 0 Å². The Labute approximate surface area is 200 Å². The van der Waals surface area contributed by atoms with Crippen LogP contribution in [0.4, 0.5) is 0 Å². The predicted octanol–water partition coefficient (Wildman–Crippen LogP) is -3.44. The Morgan fingerprint density at radius 2 is 1.40 bits per heavy atom. The molecule has 0 spiro atoms. The van der Waals surface area contributed by atoms with Gasteiger partial charge >= 0.3 is 5.97 Å². The van der Waals surface area contributed by atoms with Crippen LogP contribution in [-0.4, -0.2) is 112 Å². The van der Waals surface area contributed by atoms with E-state index in [1.165, 1.54) is 0 Å². The maximum absolute atomic E-state index is 13.4. The summed E-state index contributed by atoms with van der Waals surface area (Å²) in [6.07, 6.45) is -7.03. The number of aliphatic hydroxyl groups excluding tert-OH is 3. The fourth-order valence-corrected chi connectivity index (χ4v) is 5.26. The highest BCUT2D eigenvalue weighted by Gasteiger charge is 2.88. The first-order valence-electron chi connectivity index (χ1n) is 10.3. The lowest BCUT2D eigenvalue weighted by Crippen LogP contribution is -2.93. The summed E-state index contributed by atoms with van der Waals surface area (Å²) in [5, 5.41) is 44.1. The number of ether oxygens (including phenoxy) is 3. The van der Waals surface area contributed by atoms with E-state index in [1.54, 1.807) is 0 Å². The molecule has 198 valence electrons. The van der Waals surface area contributed by atoms with Gasteiger partial charge in [-0.15, -0.1) is 0 Å². The number of esters is 1. The summed E-state index contributed by atoms with van der Waals surface area (Å²) < 4.78 is 15.3. The highest BCUT2D eigenvalue weighted by Crippen LogP contribution is 2.58. The molecule has 0 aromatic rings. The molecular weight excluding hydrogens is 474 g/mol. The molecule has 1 rings (SSSR count). The molecule has 1 fully saturated rings. The van der Waals surface area contributed by atoms with Crippen molar-refractivity contribution in [1.82, 2.24) is 5.32 Å². The van der Waals surface area contributed by atoms with Crippen molar-refractivity contribution in [3.63, 3.8) is 0 Å². The molecule has 1 unspecified atom stereocenters. The number of amides is 1. The molecule has 0 aromatic heterocycles. The van der Waals surface area contributed by atoms with Gasteiger partial charge in [0.05, 0.1) is 13.7 Å². The van der Waals surface area contributed by atoms with Gasteiger partial charge < -0.3 is 40.0 Å². The molecule has 1 aliphatic rings. The zero-order valence-electron chi connectivity index (χ0n) is 20.4. The minimum Gasteiger partial charge on any atom is -0.465 e. The molecule has 1 heterocycles. The lowest BCUT2D eigenvalue weighted by Gasteiger charge is -2.64. The van der Waals surface area contributed by atoms with E-state index in [1.807, 2.05) is 0 Å². The summed E-state index contributed by atoms with van der Waals surface area (Å²) in [6.45, 7) is 2.66. The van der Waals surface area contributed by atoms with Crippen LogP contribution >= 0.6 is 0 Å². The molecule has 14 heteroatoms. The Balaban J connectivity index is 4.65. The second-order valence-corrected chi connectivity index (χ2v) is 8.26. The largest absolute Gasteiger partial charge is 0.465 e. The SMILES string of the molecule is COC(=O)[C@]1(O)O[C@@H](C(O)[C@H](O)CO)[C@@](NC(C)=O)(C(C)=O)[C@](OC)(C(C)=O)C1(C(C)=O)C(C)=O. The third kappa shape index (κ3) is 3.72. The number of rotatable bonds is 10. The Hall–Kier alpha value is -2.62. The van der Waals surface area contributed by atoms with Crippen molar-refractivity contribution in [2.24, 2.45) is 5.41 Å². The molecule has 0 bridgehead atoms. The topological polar surface area (TPSA) is 223 Å². The molecular formula is C21H31NO13. The van der Waals surface area contributed by atoms with Crippen molar-refractivity contribution in [2.75, 3.05) is 20.8 Å². The Morgan fingerprint density at radius 3 is 1.69 bits per heavy atom. The van der Waals surface area contributed by atoms with Crippen molar-refractivity contribution in [2.45, 2.75) is 69.9 Å². The average Bonchev–Trinajstić information content (AvgIpc) is 2.76. The van der Waals surface area contributed by atoms with Gasteiger partial charge in [0, 0.05) is 14.0 Å². The monoisotopic (exact) mass is 505 g/mol. The maximum Gasteiger partial charge on any atom is 0.368 e. The van der Waals surface area contributed by atoms with Crippen LogP contribution in [0.2, 0.25) is 0 Å². The van der Waals surface area contributed by atoms with Crippen LogP contribution in [0.1, 0.15) is 34.6 Å². The number of ketones is 4. The van der Waals surface area contributed by atoms with E-state index in [0.29, 0.717) is 13.8 Å². The normalized spacial score (nSPS) is 31.6. The lowest BCUT2D eigenvalue weighted by atomic mass is 9.48. The van der Waals surface area contributed by atoms with E-state index in [4.69, 9.17) is 9.47 Å². The number of hydrogen-bond acceptors (Lipinski definition) is 13. The van der Waals surface area contributed by atoms with Crippen LogP contribution < -0.4 is 5.32 Å². The van der Waals surface area contributed by atoms with Gasteiger partial charge in [0.2, 0.25) is 5.91 Å². The van der Waals surface area contributed by atoms with Crippen molar-refractivity contribution >= 4 is 35.0 Å². The highest BCUT2D eigenvalue weighted by molar-refractivity contribution is 6.19. The van der Waals surface area contributed by atoms with Crippen molar-refractivity contribution < 1.29 is 63.4 Å². The number of nitrogens with one attached hydrogen (secondary N) is 1.